The Morgan fingerprint density at radius 1 is 0.765 bits per heavy atom. The van der Waals surface area contributed by atoms with Crippen molar-refractivity contribution in [3.8, 4) is 0 Å². The van der Waals surface area contributed by atoms with Crippen LogP contribution in [0.1, 0.15) is 31.9 Å². The molecule has 0 aliphatic rings. The summed E-state index contributed by atoms with van der Waals surface area (Å²) in [6, 6.07) is 25.1. The van der Waals surface area contributed by atoms with Crippen molar-refractivity contribution in [2.75, 3.05) is 0 Å². The van der Waals surface area contributed by atoms with Gasteiger partial charge >= 0.3 is 0 Å². The Kier molecular flexibility index (Phi) is 3.77. The monoisotopic (exact) mass is 441 g/mol. The second kappa shape index (κ2) is 6.48. The molecule has 34 heavy (non-hydrogen) atoms. The summed E-state index contributed by atoms with van der Waals surface area (Å²) in [5.41, 5.74) is 8.27. The second-order valence-corrected chi connectivity index (χ2v) is 11.2. The second-order valence-electron chi connectivity index (χ2n) is 11.2. The molecule has 0 aliphatic heterocycles. The van der Waals surface area contributed by atoms with Crippen LogP contribution in [-0.4, -0.2) is 4.40 Å². The zero-order chi connectivity index (χ0) is 23.4. The first-order valence-corrected chi connectivity index (χ1v) is 12.2. The molecule has 2 nitrogen and oxygen atoms in total. The number of benzene rings is 4. The molecule has 0 saturated heterocycles. The fourth-order valence-electron chi connectivity index (χ4n) is 6.26. The van der Waals surface area contributed by atoms with Crippen molar-refractivity contribution in [1.82, 2.24) is 4.40 Å². The Labute approximate surface area is 199 Å². The minimum Gasteiger partial charge on any atom is -0.307 e. The fourth-order valence-corrected chi connectivity index (χ4v) is 6.26. The molecule has 0 saturated carbocycles. The standard InChI is InChI=1S/C32H29N2/c1-19-13-14-24-22-10-6-7-12-26(22)34-29(24)27(19)31-28-20(15-16-33(31)5)17-25-21(18-32(2,3)4)9-8-11-23(25)30(28)34/h6-17H,18H2,1-5H3/q+1. The van der Waals surface area contributed by atoms with Gasteiger partial charge in [0.2, 0.25) is 5.52 Å². The van der Waals surface area contributed by atoms with Crippen LogP contribution in [0.25, 0.3) is 59.8 Å². The highest BCUT2D eigenvalue weighted by Gasteiger charge is 2.25. The van der Waals surface area contributed by atoms with Crippen molar-refractivity contribution in [2.24, 2.45) is 12.5 Å². The third kappa shape index (κ3) is 2.49. The molecular formula is C32H29N2+. The van der Waals surface area contributed by atoms with Gasteiger partial charge in [0.05, 0.1) is 27.3 Å². The van der Waals surface area contributed by atoms with E-state index in [2.05, 4.69) is 117 Å². The van der Waals surface area contributed by atoms with Crippen LogP contribution in [0.5, 0.6) is 0 Å². The van der Waals surface area contributed by atoms with E-state index < -0.39 is 0 Å². The van der Waals surface area contributed by atoms with E-state index in [4.69, 9.17) is 0 Å². The summed E-state index contributed by atoms with van der Waals surface area (Å²) in [7, 11) is 2.19. The molecule has 0 radical (unpaired) electrons. The van der Waals surface area contributed by atoms with Crippen LogP contribution in [0.15, 0.2) is 72.9 Å². The summed E-state index contributed by atoms with van der Waals surface area (Å²) < 4.78 is 4.88. The number of aromatic nitrogens is 2. The van der Waals surface area contributed by atoms with Gasteiger partial charge < -0.3 is 4.40 Å². The van der Waals surface area contributed by atoms with Gasteiger partial charge in [-0.2, -0.15) is 0 Å². The summed E-state index contributed by atoms with van der Waals surface area (Å²) in [6.07, 6.45) is 3.29. The number of pyridine rings is 2. The minimum absolute atomic E-state index is 0.228. The molecule has 7 aromatic rings. The predicted molar refractivity (Wildman–Crippen MR) is 145 cm³/mol. The number of hydrogen-bond acceptors (Lipinski definition) is 0. The Balaban J connectivity index is 1.88. The lowest BCUT2D eigenvalue weighted by atomic mass is 9.85. The van der Waals surface area contributed by atoms with Crippen molar-refractivity contribution in [2.45, 2.75) is 34.1 Å². The fraction of sp³-hybridized carbons (Fsp3) is 0.219. The van der Waals surface area contributed by atoms with Crippen molar-refractivity contribution in [3.63, 3.8) is 0 Å². The molecule has 0 aliphatic carbocycles. The van der Waals surface area contributed by atoms with E-state index in [1.54, 1.807) is 0 Å². The van der Waals surface area contributed by atoms with Crippen molar-refractivity contribution in [3.05, 3.63) is 84.1 Å². The molecular weight excluding hydrogens is 412 g/mol. The molecule has 0 N–H and O–H groups in total. The molecule has 0 spiro atoms. The van der Waals surface area contributed by atoms with Crippen molar-refractivity contribution < 1.29 is 4.57 Å². The zero-order valence-corrected chi connectivity index (χ0v) is 20.5. The van der Waals surface area contributed by atoms with Gasteiger partial charge in [0.25, 0.3) is 0 Å². The molecule has 3 aromatic heterocycles. The largest absolute Gasteiger partial charge is 0.307 e. The molecule has 2 heteroatoms. The van der Waals surface area contributed by atoms with E-state index in [0.717, 1.165) is 6.42 Å². The summed E-state index contributed by atoms with van der Waals surface area (Å²) in [6.45, 7) is 9.24. The lowest BCUT2D eigenvalue weighted by molar-refractivity contribution is -0.643. The van der Waals surface area contributed by atoms with Crippen molar-refractivity contribution >= 4 is 59.8 Å². The van der Waals surface area contributed by atoms with E-state index >= 15 is 0 Å². The predicted octanol–water partition coefficient (Wildman–Crippen LogP) is 7.86. The average molecular weight is 442 g/mol. The third-order valence-electron chi connectivity index (χ3n) is 7.57. The maximum absolute atomic E-state index is 2.56. The van der Waals surface area contributed by atoms with E-state index in [0.29, 0.717) is 0 Å². The third-order valence-corrected chi connectivity index (χ3v) is 7.57. The summed E-state index contributed by atoms with van der Waals surface area (Å²) in [5.74, 6) is 0. The Hall–Kier alpha value is -3.65. The normalized spacial score (nSPS) is 13.0. The highest BCUT2D eigenvalue weighted by atomic mass is 15.0. The number of fused-ring (bicyclic) bond motifs is 7. The van der Waals surface area contributed by atoms with Gasteiger partial charge in [-0.15, -0.1) is 0 Å². The smallest absolute Gasteiger partial charge is 0.224 e. The van der Waals surface area contributed by atoms with Crippen LogP contribution in [0.4, 0.5) is 0 Å². The average Bonchev–Trinajstić information content (AvgIpc) is 3.13. The van der Waals surface area contributed by atoms with Gasteiger partial charge in [-0.3, -0.25) is 0 Å². The highest BCUT2D eigenvalue weighted by molar-refractivity contribution is 6.30. The number of para-hydroxylation sites is 1. The van der Waals surface area contributed by atoms with E-state index in [9.17, 15) is 0 Å². The molecule has 0 fully saturated rings. The molecule has 7 rings (SSSR count). The topological polar surface area (TPSA) is 8.29 Å². The molecule has 4 aromatic carbocycles. The Morgan fingerprint density at radius 2 is 1.50 bits per heavy atom. The highest BCUT2D eigenvalue weighted by Crippen LogP contribution is 2.43. The number of nitrogens with zero attached hydrogens (tertiary/aromatic N) is 2. The maximum atomic E-state index is 2.56. The van der Waals surface area contributed by atoms with Crippen molar-refractivity contribution in [1.29, 1.82) is 0 Å². The van der Waals surface area contributed by atoms with Crippen LogP contribution in [0.2, 0.25) is 0 Å². The minimum atomic E-state index is 0.228. The lowest BCUT2D eigenvalue weighted by Gasteiger charge is -2.21. The summed E-state index contributed by atoms with van der Waals surface area (Å²) >= 11 is 0. The van der Waals surface area contributed by atoms with Crippen LogP contribution >= 0.6 is 0 Å². The molecule has 0 bridgehead atoms. The van der Waals surface area contributed by atoms with Gasteiger partial charge in [-0.25, -0.2) is 4.57 Å². The van der Waals surface area contributed by atoms with E-state index in [-0.39, 0.29) is 5.41 Å². The van der Waals surface area contributed by atoms with Gasteiger partial charge in [-0.05, 0) is 52.8 Å². The lowest BCUT2D eigenvalue weighted by Crippen LogP contribution is -2.29. The van der Waals surface area contributed by atoms with Crippen LogP contribution in [0, 0.1) is 12.3 Å². The van der Waals surface area contributed by atoms with Crippen LogP contribution in [0.3, 0.4) is 0 Å². The van der Waals surface area contributed by atoms with E-state index in [1.165, 1.54) is 70.9 Å². The Bertz CT molecular complexity index is 1930. The van der Waals surface area contributed by atoms with Gasteiger partial charge in [0, 0.05) is 22.2 Å². The molecule has 0 amide bonds. The summed E-state index contributed by atoms with van der Waals surface area (Å²) in [4.78, 5) is 0. The molecule has 0 unspecified atom stereocenters. The van der Waals surface area contributed by atoms with E-state index in [1.807, 2.05) is 0 Å². The Morgan fingerprint density at radius 3 is 2.32 bits per heavy atom. The first kappa shape index (κ1) is 19.8. The SMILES string of the molecule is Cc1ccc2c3ccccc3n3c2c1c1c2c(cc[n+]1C)cc1c(CC(C)(C)C)cccc1c23. The quantitative estimate of drug-likeness (QED) is 0.139. The number of rotatable bonds is 1. The molecule has 0 atom stereocenters. The maximum Gasteiger partial charge on any atom is 0.224 e. The summed E-state index contributed by atoms with van der Waals surface area (Å²) in [5, 5.41) is 9.41. The molecule has 3 heterocycles. The van der Waals surface area contributed by atoms with Crippen LogP contribution < -0.4 is 4.57 Å². The first-order chi connectivity index (χ1) is 16.3. The molecule has 166 valence electrons. The first-order valence-electron chi connectivity index (χ1n) is 12.2. The van der Waals surface area contributed by atoms with Gasteiger partial charge in [0.1, 0.15) is 7.05 Å². The van der Waals surface area contributed by atoms with Crippen LogP contribution in [-0.2, 0) is 13.5 Å². The zero-order valence-electron chi connectivity index (χ0n) is 20.5. The van der Waals surface area contributed by atoms with Gasteiger partial charge in [-0.1, -0.05) is 69.3 Å². The number of hydrogen-bond donors (Lipinski definition) is 0. The van der Waals surface area contributed by atoms with Gasteiger partial charge in [0.15, 0.2) is 6.20 Å². The number of aryl methyl sites for hydroxylation is 2.